The first-order valence-corrected chi connectivity index (χ1v) is 6.98. The Morgan fingerprint density at radius 3 is 2.61 bits per heavy atom. The topological polar surface area (TPSA) is 66.4 Å². The third-order valence-electron chi connectivity index (χ3n) is 2.60. The van der Waals surface area contributed by atoms with E-state index in [9.17, 15) is 9.59 Å². The van der Waals surface area contributed by atoms with Crippen LogP contribution in [0.3, 0.4) is 0 Å². The van der Waals surface area contributed by atoms with E-state index in [4.69, 9.17) is 5.11 Å². The van der Waals surface area contributed by atoms with Crippen molar-refractivity contribution >= 4 is 29.3 Å². The Labute approximate surface area is 111 Å². The predicted molar refractivity (Wildman–Crippen MR) is 74.3 cm³/mol. The molecular weight excluding hydrogens is 250 g/mol. The number of benzene rings is 1. The minimum Gasteiger partial charge on any atom is -0.478 e. The molecule has 1 aromatic rings. The van der Waals surface area contributed by atoms with Crippen LogP contribution in [0.2, 0.25) is 0 Å². The quantitative estimate of drug-likeness (QED) is 0.860. The van der Waals surface area contributed by atoms with Crippen LogP contribution >= 0.6 is 11.8 Å². The molecular formula is C13H17NO3S. The van der Waals surface area contributed by atoms with E-state index in [0.717, 1.165) is 11.3 Å². The number of amides is 1. The summed E-state index contributed by atoms with van der Waals surface area (Å²) in [7, 11) is 0. The van der Waals surface area contributed by atoms with E-state index in [2.05, 4.69) is 5.32 Å². The van der Waals surface area contributed by atoms with Gasteiger partial charge in [0.05, 0.1) is 5.56 Å². The Morgan fingerprint density at radius 1 is 1.44 bits per heavy atom. The van der Waals surface area contributed by atoms with Crippen molar-refractivity contribution in [2.45, 2.75) is 13.8 Å². The van der Waals surface area contributed by atoms with E-state index in [1.54, 1.807) is 30.8 Å². The second kappa shape index (κ2) is 6.44. The fourth-order valence-electron chi connectivity index (χ4n) is 1.52. The lowest BCUT2D eigenvalue weighted by atomic mass is 10.1. The van der Waals surface area contributed by atoms with Gasteiger partial charge in [-0.2, -0.15) is 11.8 Å². The lowest BCUT2D eigenvalue weighted by molar-refractivity contribution is -0.118. The number of hydrogen-bond acceptors (Lipinski definition) is 3. The highest BCUT2D eigenvalue weighted by atomic mass is 32.2. The number of thioether (sulfide) groups is 1. The zero-order chi connectivity index (χ0) is 13.7. The molecule has 4 nitrogen and oxygen atoms in total. The largest absolute Gasteiger partial charge is 0.478 e. The van der Waals surface area contributed by atoms with E-state index >= 15 is 0 Å². The van der Waals surface area contributed by atoms with Gasteiger partial charge in [-0.1, -0.05) is 6.92 Å². The summed E-state index contributed by atoms with van der Waals surface area (Å²) >= 11 is 1.62. The molecule has 0 aliphatic rings. The molecule has 0 aromatic heterocycles. The predicted octanol–water partition coefficient (Wildman–Crippen LogP) is 2.63. The lowest BCUT2D eigenvalue weighted by Crippen LogP contribution is -2.22. The summed E-state index contributed by atoms with van der Waals surface area (Å²) in [5.41, 5.74) is 1.64. The molecule has 0 aliphatic heterocycles. The monoisotopic (exact) mass is 267 g/mol. The number of carboxylic acid groups (broad SMARTS) is 1. The minimum absolute atomic E-state index is 0.0458. The van der Waals surface area contributed by atoms with Gasteiger partial charge in [0.1, 0.15) is 0 Å². The number of hydrogen-bond donors (Lipinski definition) is 2. The molecule has 1 aromatic carbocycles. The summed E-state index contributed by atoms with van der Waals surface area (Å²) < 4.78 is 0. The van der Waals surface area contributed by atoms with Crippen LogP contribution in [0.1, 0.15) is 22.8 Å². The Kier molecular flexibility index (Phi) is 5.22. The van der Waals surface area contributed by atoms with Crippen molar-refractivity contribution in [3.8, 4) is 0 Å². The highest BCUT2D eigenvalue weighted by Gasteiger charge is 2.14. The molecule has 0 saturated carbocycles. The van der Waals surface area contributed by atoms with E-state index in [1.807, 2.05) is 13.2 Å². The summed E-state index contributed by atoms with van der Waals surface area (Å²) in [4.78, 5) is 22.6. The fourth-order valence-corrected chi connectivity index (χ4v) is 2.17. The van der Waals surface area contributed by atoms with Crippen LogP contribution in [0.5, 0.6) is 0 Å². The number of carbonyl (C=O) groups is 2. The van der Waals surface area contributed by atoms with Crippen molar-refractivity contribution < 1.29 is 14.7 Å². The van der Waals surface area contributed by atoms with Gasteiger partial charge in [0.25, 0.3) is 0 Å². The van der Waals surface area contributed by atoms with Crippen LogP contribution in [0.15, 0.2) is 18.2 Å². The number of carbonyl (C=O) groups excluding carboxylic acids is 1. The van der Waals surface area contributed by atoms with Gasteiger partial charge in [-0.05, 0) is 36.9 Å². The first kappa shape index (κ1) is 14.6. The molecule has 1 amide bonds. The molecule has 1 atom stereocenters. The van der Waals surface area contributed by atoms with E-state index in [0.29, 0.717) is 5.69 Å². The fraction of sp³-hybridized carbons (Fsp3) is 0.385. The van der Waals surface area contributed by atoms with Crippen molar-refractivity contribution in [3.05, 3.63) is 29.3 Å². The maximum atomic E-state index is 11.8. The third kappa shape index (κ3) is 3.77. The number of rotatable bonds is 5. The second-order valence-corrected chi connectivity index (χ2v) is 5.09. The Balaban J connectivity index is 2.79. The van der Waals surface area contributed by atoms with E-state index < -0.39 is 5.97 Å². The Bertz CT molecular complexity index is 460. The molecule has 0 saturated heterocycles. The molecule has 0 heterocycles. The van der Waals surface area contributed by atoms with Crippen LogP contribution in [0.4, 0.5) is 5.69 Å². The SMILES string of the molecule is CSCC(C)C(=O)Nc1ccc(C(=O)O)cc1C. The maximum Gasteiger partial charge on any atom is 0.335 e. The van der Waals surface area contributed by atoms with E-state index in [-0.39, 0.29) is 17.4 Å². The van der Waals surface area contributed by atoms with Gasteiger partial charge in [0.15, 0.2) is 0 Å². The van der Waals surface area contributed by atoms with Crippen molar-refractivity contribution in [2.75, 3.05) is 17.3 Å². The molecule has 1 unspecified atom stereocenters. The molecule has 18 heavy (non-hydrogen) atoms. The van der Waals surface area contributed by atoms with Gasteiger partial charge in [0, 0.05) is 17.4 Å². The van der Waals surface area contributed by atoms with Crippen LogP contribution < -0.4 is 5.32 Å². The summed E-state index contributed by atoms with van der Waals surface area (Å²) in [5, 5.41) is 11.7. The lowest BCUT2D eigenvalue weighted by Gasteiger charge is -2.13. The van der Waals surface area contributed by atoms with Gasteiger partial charge in [-0.15, -0.1) is 0 Å². The highest BCUT2D eigenvalue weighted by molar-refractivity contribution is 7.98. The number of aryl methyl sites for hydroxylation is 1. The van der Waals surface area contributed by atoms with Gasteiger partial charge >= 0.3 is 5.97 Å². The van der Waals surface area contributed by atoms with Gasteiger partial charge in [-0.3, -0.25) is 4.79 Å². The van der Waals surface area contributed by atoms with Crippen molar-refractivity contribution in [1.29, 1.82) is 0 Å². The molecule has 0 radical (unpaired) electrons. The molecule has 0 aliphatic carbocycles. The zero-order valence-corrected chi connectivity index (χ0v) is 11.5. The van der Waals surface area contributed by atoms with E-state index in [1.165, 1.54) is 6.07 Å². The number of aromatic carboxylic acids is 1. The number of carboxylic acids is 1. The molecule has 0 spiro atoms. The van der Waals surface area contributed by atoms with Gasteiger partial charge in [0.2, 0.25) is 5.91 Å². The zero-order valence-electron chi connectivity index (χ0n) is 10.7. The van der Waals surface area contributed by atoms with Crippen LogP contribution in [0.25, 0.3) is 0 Å². The molecule has 1 rings (SSSR count). The smallest absolute Gasteiger partial charge is 0.335 e. The Hall–Kier alpha value is -1.49. The average Bonchev–Trinajstić information content (AvgIpc) is 2.31. The van der Waals surface area contributed by atoms with Crippen LogP contribution in [0, 0.1) is 12.8 Å². The first-order valence-electron chi connectivity index (χ1n) is 5.59. The molecule has 5 heteroatoms. The van der Waals surface area contributed by atoms with Gasteiger partial charge < -0.3 is 10.4 Å². The van der Waals surface area contributed by atoms with Crippen molar-refractivity contribution in [3.63, 3.8) is 0 Å². The second-order valence-electron chi connectivity index (χ2n) is 4.18. The van der Waals surface area contributed by atoms with Crippen LogP contribution in [-0.2, 0) is 4.79 Å². The standard InChI is InChI=1S/C13H17NO3S/c1-8-6-10(13(16)17)4-5-11(8)14-12(15)9(2)7-18-3/h4-6,9H,7H2,1-3H3,(H,14,15)(H,16,17). The number of anilines is 1. The average molecular weight is 267 g/mol. The van der Waals surface area contributed by atoms with Crippen LogP contribution in [-0.4, -0.2) is 29.0 Å². The summed E-state index contributed by atoms with van der Waals surface area (Å²) in [5.74, 6) is -0.321. The molecule has 0 bridgehead atoms. The molecule has 2 N–H and O–H groups in total. The summed E-state index contributed by atoms with van der Waals surface area (Å²) in [6.45, 7) is 3.65. The minimum atomic E-state index is -0.966. The third-order valence-corrected chi connectivity index (χ3v) is 3.43. The van der Waals surface area contributed by atoms with Gasteiger partial charge in [-0.25, -0.2) is 4.79 Å². The highest BCUT2D eigenvalue weighted by Crippen LogP contribution is 2.18. The van der Waals surface area contributed by atoms with Crippen molar-refractivity contribution in [2.24, 2.45) is 5.92 Å². The van der Waals surface area contributed by atoms with Crippen molar-refractivity contribution in [1.82, 2.24) is 0 Å². The number of nitrogens with one attached hydrogen (secondary N) is 1. The summed E-state index contributed by atoms with van der Waals surface area (Å²) in [6, 6.07) is 4.67. The first-order chi connectivity index (χ1) is 8.45. The summed E-state index contributed by atoms with van der Waals surface area (Å²) in [6.07, 6.45) is 1.96. The maximum absolute atomic E-state index is 11.8. The normalized spacial score (nSPS) is 11.9. The molecule has 98 valence electrons. The molecule has 0 fully saturated rings. The Morgan fingerprint density at radius 2 is 2.11 bits per heavy atom.